The average molecular weight is 442 g/mol. The lowest BCUT2D eigenvalue weighted by Gasteiger charge is -2.23. The van der Waals surface area contributed by atoms with Crippen molar-refractivity contribution >= 4 is 0 Å². The molecule has 0 saturated heterocycles. The predicted molar refractivity (Wildman–Crippen MR) is 129 cm³/mol. The van der Waals surface area contributed by atoms with E-state index in [4.69, 9.17) is 15.2 Å². The first-order valence-corrected chi connectivity index (χ1v) is 11.8. The van der Waals surface area contributed by atoms with Crippen molar-refractivity contribution in [3.8, 4) is 22.7 Å². The number of nitrogens with two attached hydrogens (primary N) is 1. The van der Waals surface area contributed by atoms with Gasteiger partial charge < -0.3 is 10.2 Å². The van der Waals surface area contributed by atoms with Crippen LogP contribution in [0.1, 0.15) is 62.2 Å². The molecule has 0 bridgehead atoms. The minimum Gasteiger partial charge on any atom is -0.419 e. The van der Waals surface area contributed by atoms with Gasteiger partial charge in [-0.2, -0.15) is 5.10 Å². The molecule has 33 heavy (non-hydrogen) atoms. The van der Waals surface area contributed by atoms with Crippen LogP contribution in [0, 0.1) is 6.92 Å². The Bertz CT molecular complexity index is 1200. The minimum atomic E-state index is -0.771. The zero-order chi connectivity index (χ0) is 22.8. The largest absolute Gasteiger partial charge is 0.419 e. The van der Waals surface area contributed by atoms with Gasteiger partial charge in [0.2, 0.25) is 5.89 Å². The Morgan fingerprint density at radius 2 is 1.64 bits per heavy atom. The first-order valence-electron chi connectivity index (χ1n) is 11.8. The van der Waals surface area contributed by atoms with E-state index in [1.807, 2.05) is 43.3 Å². The van der Waals surface area contributed by atoms with Crippen molar-refractivity contribution in [2.45, 2.75) is 64.0 Å². The summed E-state index contributed by atoms with van der Waals surface area (Å²) >= 11 is 0. The predicted octanol–water partition coefficient (Wildman–Crippen LogP) is 5.83. The second kappa shape index (κ2) is 8.94. The molecule has 1 aliphatic rings. The number of nitrogens with zero attached hydrogens (tertiary/aromatic N) is 4. The van der Waals surface area contributed by atoms with Gasteiger partial charge in [0.15, 0.2) is 0 Å². The van der Waals surface area contributed by atoms with Gasteiger partial charge in [0.05, 0.1) is 17.1 Å². The quantitative estimate of drug-likeness (QED) is 0.407. The molecule has 1 atom stereocenters. The van der Waals surface area contributed by atoms with Crippen LogP contribution in [-0.4, -0.2) is 20.0 Å². The Hall–Kier alpha value is -3.25. The summed E-state index contributed by atoms with van der Waals surface area (Å²) in [7, 11) is 0. The van der Waals surface area contributed by atoms with E-state index in [0.717, 1.165) is 40.9 Å². The Morgan fingerprint density at radius 1 is 0.970 bits per heavy atom. The Morgan fingerprint density at radius 3 is 2.33 bits per heavy atom. The number of hydrogen-bond acceptors (Lipinski definition) is 5. The van der Waals surface area contributed by atoms with E-state index >= 15 is 0 Å². The molecule has 0 radical (unpaired) electrons. The van der Waals surface area contributed by atoms with Gasteiger partial charge in [-0.1, -0.05) is 79.9 Å². The van der Waals surface area contributed by atoms with E-state index < -0.39 is 5.54 Å². The van der Waals surface area contributed by atoms with E-state index in [-0.39, 0.29) is 0 Å². The van der Waals surface area contributed by atoms with Crippen LogP contribution in [0.15, 0.2) is 65.1 Å². The van der Waals surface area contributed by atoms with Crippen LogP contribution >= 0.6 is 0 Å². The molecule has 2 N–H and O–H groups in total. The highest BCUT2D eigenvalue weighted by Gasteiger charge is 2.31. The molecular formula is C27H31N5O. The highest BCUT2D eigenvalue weighted by molar-refractivity contribution is 5.78. The van der Waals surface area contributed by atoms with Crippen LogP contribution in [0.4, 0.5) is 0 Å². The molecule has 1 aliphatic carbocycles. The Balaban J connectivity index is 1.55. The van der Waals surface area contributed by atoms with Crippen molar-refractivity contribution < 1.29 is 4.42 Å². The van der Waals surface area contributed by atoms with Gasteiger partial charge in [0, 0.05) is 11.3 Å². The lowest BCUT2D eigenvalue weighted by molar-refractivity contribution is 0.325. The summed E-state index contributed by atoms with van der Waals surface area (Å²) in [5.41, 5.74) is 10.9. The van der Waals surface area contributed by atoms with E-state index in [2.05, 4.69) is 46.1 Å². The molecule has 1 fully saturated rings. The van der Waals surface area contributed by atoms with E-state index in [0.29, 0.717) is 24.2 Å². The first kappa shape index (κ1) is 21.6. The van der Waals surface area contributed by atoms with E-state index in [1.54, 1.807) is 0 Å². The van der Waals surface area contributed by atoms with Crippen molar-refractivity contribution in [1.82, 2.24) is 20.0 Å². The molecule has 2 aromatic carbocycles. The molecule has 4 aromatic rings. The lowest BCUT2D eigenvalue weighted by atomic mass is 9.94. The van der Waals surface area contributed by atoms with Crippen LogP contribution in [0.25, 0.3) is 22.7 Å². The summed E-state index contributed by atoms with van der Waals surface area (Å²) < 4.78 is 8.44. The van der Waals surface area contributed by atoms with Crippen molar-refractivity contribution in [1.29, 1.82) is 0 Å². The minimum absolute atomic E-state index is 0.412. The van der Waals surface area contributed by atoms with Crippen LogP contribution in [0.5, 0.6) is 0 Å². The normalized spacial score (nSPS) is 16.6. The molecule has 0 amide bonds. The third kappa shape index (κ3) is 4.35. The topological polar surface area (TPSA) is 82.8 Å². The smallest absolute Gasteiger partial charge is 0.251 e. The Labute approximate surface area is 194 Å². The molecule has 2 aromatic heterocycles. The van der Waals surface area contributed by atoms with Gasteiger partial charge in [-0.15, -0.1) is 10.2 Å². The highest BCUT2D eigenvalue weighted by atomic mass is 16.4. The maximum absolute atomic E-state index is 6.65. The highest BCUT2D eigenvalue weighted by Crippen LogP contribution is 2.38. The van der Waals surface area contributed by atoms with Crippen molar-refractivity contribution in [3.63, 3.8) is 0 Å². The standard InChI is InChI=1S/C27H31N5O/c1-19-23(25-29-30-26(33-25)27(2,28)18-20-12-6-3-7-13-20)24(21-14-8-4-9-15-21)31-32(19)22-16-10-5-11-17-22/h3-4,6-9,12-15,22H,5,10-11,16-18,28H2,1-2H3/t27-/m1/s1. The zero-order valence-corrected chi connectivity index (χ0v) is 19.4. The average Bonchev–Trinajstić information content (AvgIpc) is 3.46. The number of hydrogen-bond donors (Lipinski definition) is 1. The summed E-state index contributed by atoms with van der Waals surface area (Å²) in [6, 6.07) is 20.8. The molecule has 1 saturated carbocycles. The van der Waals surface area contributed by atoms with Gasteiger partial charge in [0.25, 0.3) is 5.89 Å². The second-order valence-corrected chi connectivity index (χ2v) is 9.40. The molecule has 0 unspecified atom stereocenters. The number of aromatic nitrogens is 4. The summed E-state index contributed by atoms with van der Waals surface area (Å²) in [5.74, 6) is 0.915. The summed E-state index contributed by atoms with van der Waals surface area (Å²) in [5, 5.41) is 13.9. The van der Waals surface area contributed by atoms with Crippen molar-refractivity contribution in [2.75, 3.05) is 0 Å². The lowest BCUT2D eigenvalue weighted by Crippen LogP contribution is -2.35. The van der Waals surface area contributed by atoms with E-state index in [9.17, 15) is 0 Å². The summed E-state index contributed by atoms with van der Waals surface area (Å²) in [6.45, 7) is 4.05. The van der Waals surface area contributed by atoms with Gasteiger partial charge in [0.1, 0.15) is 5.69 Å². The maximum Gasteiger partial charge on any atom is 0.251 e. The third-order valence-electron chi connectivity index (χ3n) is 6.66. The monoisotopic (exact) mass is 441 g/mol. The van der Waals surface area contributed by atoms with Crippen LogP contribution in [0.2, 0.25) is 0 Å². The van der Waals surface area contributed by atoms with Gasteiger partial charge in [-0.05, 0) is 38.7 Å². The SMILES string of the molecule is Cc1c(-c2nnc([C@](C)(N)Cc3ccccc3)o2)c(-c2ccccc2)nn1C1CCCCC1. The molecule has 170 valence electrons. The molecule has 2 heterocycles. The fraction of sp³-hybridized carbons (Fsp3) is 0.370. The van der Waals surface area contributed by atoms with Crippen molar-refractivity contribution in [3.05, 3.63) is 77.8 Å². The fourth-order valence-corrected chi connectivity index (χ4v) is 4.90. The summed E-state index contributed by atoms with van der Waals surface area (Å²) in [4.78, 5) is 0. The molecule has 5 rings (SSSR count). The number of rotatable bonds is 6. The van der Waals surface area contributed by atoms with Crippen LogP contribution in [-0.2, 0) is 12.0 Å². The fourth-order valence-electron chi connectivity index (χ4n) is 4.90. The molecule has 0 spiro atoms. The van der Waals surface area contributed by atoms with Gasteiger partial charge >= 0.3 is 0 Å². The number of benzene rings is 2. The van der Waals surface area contributed by atoms with E-state index in [1.165, 1.54) is 19.3 Å². The molecule has 0 aliphatic heterocycles. The van der Waals surface area contributed by atoms with Gasteiger partial charge in [-0.3, -0.25) is 4.68 Å². The third-order valence-corrected chi connectivity index (χ3v) is 6.66. The van der Waals surface area contributed by atoms with Crippen LogP contribution < -0.4 is 5.73 Å². The molecule has 6 nitrogen and oxygen atoms in total. The second-order valence-electron chi connectivity index (χ2n) is 9.40. The van der Waals surface area contributed by atoms with Crippen LogP contribution in [0.3, 0.4) is 0 Å². The Kier molecular flexibility index (Phi) is 5.85. The van der Waals surface area contributed by atoms with Crippen molar-refractivity contribution in [2.24, 2.45) is 5.73 Å². The maximum atomic E-state index is 6.65. The first-order chi connectivity index (χ1) is 16.0. The van der Waals surface area contributed by atoms with Gasteiger partial charge in [-0.25, -0.2) is 0 Å². The summed E-state index contributed by atoms with van der Waals surface area (Å²) in [6.07, 6.45) is 6.72. The molecule has 6 heteroatoms. The molecular weight excluding hydrogens is 410 g/mol. The zero-order valence-electron chi connectivity index (χ0n) is 19.4.